The second-order valence-electron chi connectivity index (χ2n) is 3.17. The average molecular weight is 138 g/mol. The smallest absolute Gasteiger partial charge is 0.0871 e. The van der Waals surface area contributed by atoms with Crippen molar-refractivity contribution in [2.24, 2.45) is 11.5 Å². The molecule has 0 radical (unpaired) electrons. The molecule has 56 valence electrons. The third kappa shape index (κ3) is 1.69. The van der Waals surface area contributed by atoms with Crippen LogP contribution in [-0.4, -0.2) is 5.66 Å². The molecule has 0 aliphatic heterocycles. The molecule has 0 aromatic carbocycles. The van der Waals surface area contributed by atoms with Crippen LogP contribution >= 0.6 is 0 Å². The Bertz CT molecular complexity index is 199. The first kappa shape index (κ1) is 7.51. The van der Waals surface area contributed by atoms with Crippen molar-refractivity contribution in [2.45, 2.75) is 25.9 Å². The van der Waals surface area contributed by atoms with Gasteiger partial charge in [-0.15, -0.1) is 0 Å². The highest BCUT2D eigenvalue weighted by atomic mass is 14.9. The van der Waals surface area contributed by atoms with Gasteiger partial charge in [0.1, 0.15) is 0 Å². The Balaban J connectivity index is 2.88. The molecule has 4 N–H and O–H groups in total. The molecule has 1 rings (SSSR count). The molecule has 0 saturated heterocycles. The molecule has 10 heavy (non-hydrogen) atoms. The van der Waals surface area contributed by atoms with Gasteiger partial charge in [-0.05, 0) is 19.9 Å². The van der Waals surface area contributed by atoms with Gasteiger partial charge in [-0.2, -0.15) is 0 Å². The number of hydrogen-bond donors (Lipinski definition) is 2. The fourth-order valence-corrected chi connectivity index (χ4v) is 1.44. The van der Waals surface area contributed by atoms with Gasteiger partial charge in [0.2, 0.25) is 0 Å². The molecular formula is C8H14N2. The van der Waals surface area contributed by atoms with Crippen LogP contribution in [0.15, 0.2) is 23.3 Å². The van der Waals surface area contributed by atoms with E-state index < -0.39 is 5.66 Å². The van der Waals surface area contributed by atoms with E-state index >= 15 is 0 Å². The maximum atomic E-state index is 5.72. The van der Waals surface area contributed by atoms with E-state index in [-0.39, 0.29) is 0 Å². The van der Waals surface area contributed by atoms with E-state index in [1.807, 2.05) is 19.9 Å². The van der Waals surface area contributed by atoms with Crippen molar-refractivity contribution in [2.75, 3.05) is 0 Å². The fraction of sp³-hybridized carbons (Fsp3) is 0.500. The fourth-order valence-electron chi connectivity index (χ4n) is 1.44. The molecule has 0 aromatic rings. The summed E-state index contributed by atoms with van der Waals surface area (Å²) in [5.41, 5.74) is 13.2. The maximum Gasteiger partial charge on any atom is 0.0871 e. The van der Waals surface area contributed by atoms with Crippen LogP contribution in [0.2, 0.25) is 0 Å². The van der Waals surface area contributed by atoms with Crippen LogP contribution in [0.1, 0.15) is 20.3 Å². The monoisotopic (exact) mass is 138 g/mol. The third-order valence-electron chi connectivity index (χ3n) is 1.56. The van der Waals surface area contributed by atoms with Crippen molar-refractivity contribution in [3.8, 4) is 0 Å². The summed E-state index contributed by atoms with van der Waals surface area (Å²) < 4.78 is 0. The van der Waals surface area contributed by atoms with E-state index in [0.717, 1.165) is 12.0 Å². The lowest BCUT2D eigenvalue weighted by Crippen LogP contribution is -2.48. The zero-order valence-corrected chi connectivity index (χ0v) is 6.52. The lowest BCUT2D eigenvalue weighted by atomic mass is 9.93. The molecule has 2 nitrogen and oxygen atoms in total. The first-order valence-corrected chi connectivity index (χ1v) is 3.44. The van der Waals surface area contributed by atoms with Crippen LogP contribution in [0.25, 0.3) is 0 Å². The Morgan fingerprint density at radius 2 is 2.00 bits per heavy atom. The summed E-state index contributed by atoms with van der Waals surface area (Å²) in [5, 5.41) is 0. The molecule has 0 atom stereocenters. The highest BCUT2D eigenvalue weighted by Crippen LogP contribution is 2.19. The molecular weight excluding hydrogens is 124 g/mol. The first-order valence-electron chi connectivity index (χ1n) is 3.44. The van der Waals surface area contributed by atoms with Gasteiger partial charge >= 0.3 is 0 Å². The minimum absolute atomic E-state index is 0.608. The lowest BCUT2D eigenvalue weighted by molar-refractivity contribution is 0.537. The Kier molecular flexibility index (Phi) is 1.67. The lowest BCUT2D eigenvalue weighted by Gasteiger charge is -2.25. The zero-order valence-electron chi connectivity index (χ0n) is 6.52. The van der Waals surface area contributed by atoms with Gasteiger partial charge in [0.05, 0.1) is 5.66 Å². The van der Waals surface area contributed by atoms with E-state index in [9.17, 15) is 0 Å². The van der Waals surface area contributed by atoms with Crippen molar-refractivity contribution in [3.05, 3.63) is 23.3 Å². The minimum Gasteiger partial charge on any atom is -0.310 e. The van der Waals surface area contributed by atoms with E-state index in [4.69, 9.17) is 11.5 Å². The maximum absolute atomic E-state index is 5.72. The Morgan fingerprint density at radius 1 is 1.40 bits per heavy atom. The number of hydrogen-bond acceptors (Lipinski definition) is 2. The van der Waals surface area contributed by atoms with Crippen LogP contribution in [0.3, 0.4) is 0 Å². The van der Waals surface area contributed by atoms with Crippen molar-refractivity contribution >= 4 is 0 Å². The van der Waals surface area contributed by atoms with Gasteiger partial charge in [-0.3, -0.25) is 0 Å². The molecule has 2 heteroatoms. The van der Waals surface area contributed by atoms with Gasteiger partial charge in [-0.25, -0.2) is 0 Å². The SMILES string of the molecule is CC1=CC(N)(N)CC(C)=C1. The van der Waals surface area contributed by atoms with Gasteiger partial charge in [-0.1, -0.05) is 17.2 Å². The predicted octanol–water partition coefficient (Wildman–Crippen LogP) is 0.896. The van der Waals surface area contributed by atoms with Gasteiger partial charge in [0.25, 0.3) is 0 Å². The van der Waals surface area contributed by atoms with E-state index in [0.29, 0.717) is 0 Å². The van der Waals surface area contributed by atoms with Crippen LogP contribution in [0, 0.1) is 0 Å². The molecule has 0 heterocycles. The zero-order chi connectivity index (χ0) is 7.78. The summed E-state index contributed by atoms with van der Waals surface area (Å²) in [5.74, 6) is 0. The predicted molar refractivity (Wildman–Crippen MR) is 43.2 cm³/mol. The van der Waals surface area contributed by atoms with Gasteiger partial charge < -0.3 is 11.5 Å². The van der Waals surface area contributed by atoms with Crippen LogP contribution in [-0.2, 0) is 0 Å². The van der Waals surface area contributed by atoms with Crippen LogP contribution in [0.4, 0.5) is 0 Å². The molecule has 0 aromatic heterocycles. The number of rotatable bonds is 0. The Morgan fingerprint density at radius 3 is 2.40 bits per heavy atom. The molecule has 0 fully saturated rings. The second-order valence-corrected chi connectivity index (χ2v) is 3.17. The van der Waals surface area contributed by atoms with Crippen molar-refractivity contribution < 1.29 is 0 Å². The minimum atomic E-state index is -0.608. The van der Waals surface area contributed by atoms with Crippen molar-refractivity contribution in [1.29, 1.82) is 0 Å². The van der Waals surface area contributed by atoms with Crippen molar-refractivity contribution in [1.82, 2.24) is 0 Å². The molecule has 0 unspecified atom stereocenters. The summed E-state index contributed by atoms with van der Waals surface area (Å²) in [6.45, 7) is 4.06. The molecule has 1 aliphatic rings. The molecule has 0 amide bonds. The summed E-state index contributed by atoms with van der Waals surface area (Å²) in [4.78, 5) is 0. The van der Waals surface area contributed by atoms with Gasteiger partial charge in [0, 0.05) is 6.42 Å². The highest BCUT2D eigenvalue weighted by Gasteiger charge is 2.19. The van der Waals surface area contributed by atoms with E-state index in [2.05, 4.69) is 6.08 Å². The quantitative estimate of drug-likeness (QED) is 0.488. The summed E-state index contributed by atoms with van der Waals surface area (Å²) in [7, 11) is 0. The Hall–Kier alpha value is -0.600. The molecule has 1 aliphatic carbocycles. The summed E-state index contributed by atoms with van der Waals surface area (Å²) >= 11 is 0. The standard InChI is InChI=1S/C8H14N2/c1-6-3-7(2)5-8(9,10)4-6/h3-4H,5,9-10H2,1-2H3. The van der Waals surface area contributed by atoms with Gasteiger partial charge in [0.15, 0.2) is 0 Å². The Labute approximate surface area is 61.6 Å². The number of allylic oxidation sites excluding steroid dienone is 2. The van der Waals surface area contributed by atoms with E-state index in [1.165, 1.54) is 5.57 Å². The summed E-state index contributed by atoms with van der Waals surface area (Å²) in [6, 6.07) is 0. The highest BCUT2D eigenvalue weighted by molar-refractivity contribution is 5.31. The topological polar surface area (TPSA) is 52.0 Å². The van der Waals surface area contributed by atoms with Crippen LogP contribution < -0.4 is 11.5 Å². The van der Waals surface area contributed by atoms with Crippen LogP contribution in [0.5, 0.6) is 0 Å². The molecule has 0 saturated carbocycles. The summed E-state index contributed by atoms with van der Waals surface area (Å²) in [6.07, 6.45) is 4.78. The second kappa shape index (κ2) is 2.22. The molecule has 0 spiro atoms. The third-order valence-corrected chi connectivity index (χ3v) is 1.56. The van der Waals surface area contributed by atoms with E-state index in [1.54, 1.807) is 0 Å². The molecule has 0 bridgehead atoms. The first-order chi connectivity index (χ1) is 4.49. The largest absolute Gasteiger partial charge is 0.310 e. The normalized spacial score (nSPS) is 23.6. The van der Waals surface area contributed by atoms with Crippen molar-refractivity contribution in [3.63, 3.8) is 0 Å². The average Bonchev–Trinajstić information content (AvgIpc) is 1.54. The number of nitrogens with two attached hydrogens (primary N) is 2.